The van der Waals surface area contributed by atoms with Crippen molar-refractivity contribution in [3.8, 4) is 17.4 Å². The van der Waals surface area contributed by atoms with Crippen LogP contribution in [-0.4, -0.2) is 38.1 Å². The van der Waals surface area contributed by atoms with Crippen LogP contribution in [0.3, 0.4) is 0 Å². The summed E-state index contributed by atoms with van der Waals surface area (Å²) >= 11 is 0. The summed E-state index contributed by atoms with van der Waals surface area (Å²) in [5, 5.41) is 3.23. The van der Waals surface area contributed by atoms with Crippen LogP contribution in [0.4, 0.5) is 19.0 Å². The molecule has 0 aliphatic rings. The number of anilines is 1. The molecule has 0 saturated carbocycles. The molecule has 0 bridgehead atoms. The summed E-state index contributed by atoms with van der Waals surface area (Å²) in [4.78, 5) is 20.5. The van der Waals surface area contributed by atoms with Gasteiger partial charge < -0.3 is 14.8 Å². The first-order chi connectivity index (χ1) is 15.9. The highest BCUT2D eigenvalue weighted by molar-refractivity contribution is 5.81. The third-order valence-corrected chi connectivity index (χ3v) is 4.56. The van der Waals surface area contributed by atoms with Crippen molar-refractivity contribution in [1.29, 1.82) is 0 Å². The lowest BCUT2D eigenvalue weighted by Gasteiger charge is -2.14. The Labute approximate surface area is 186 Å². The fourth-order valence-electron chi connectivity index (χ4n) is 3.03. The number of aromatic nitrogens is 5. The minimum Gasteiger partial charge on any atom is -0.490 e. The molecule has 0 atom stereocenters. The van der Waals surface area contributed by atoms with E-state index in [1.54, 1.807) is 18.5 Å². The fraction of sp³-hybridized carbons (Fsp3) is 0.227. The molecule has 0 aliphatic heterocycles. The van der Waals surface area contributed by atoms with Gasteiger partial charge in [-0.15, -0.1) is 0 Å². The molecule has 170 valence electrons. The first-order valence-corrected chi connectivity index (χ1v) is 10.1. The molecule has 33 heavy (non-hydrogen) atoms. The highest BCUT2D eigenvalue weighted by atomic mass is 19.4. The molecule has 11 heteroatoms. The maximum absolute atomic E-state index is 12.7. The van der Waals surface area contributed by atoms with Gasteiger partial charge in [-0.25, -0.2) is 24.9 Å². The SMILES string of the molecule is CCOc1cc(CCNc2ncnc3nccnc23)ccc1Oc1ccc(C(F)(F)F)cn1. The first-order valence-electron chi connectivity index (χ1n) is 10.1. The van der Waals surface area contributed by atoms with Gasteiger partial charge in [-0.3, -0.25) is 0 Å². The Bertz CT molecular complexity index is 1230. The molecule has 4 aromatic rings. The molecule has 8 nitrogen and oxygen atoms in total. The maximum atomic E-state index is 12.7. The molecule has 1 aromatic carbocycles. The van der Waals surface area contributed by atoms with E-state index in [0.717, 1.165) is 17.8 Å². The first kappa shape index (κ1) is 22.2. The summed E-state index contributed by atoms with van der Waals surface area (Å²) in [7, 11) is 0. The van der Waals surface area contributed by atoms with Crippen molar-refractivity contribution in [2.45, 2.75) is 19.5 Å². The summed E-state index contributed by atoms with van der Waals surface area (Å²) in [5.41, 5.74) is 1.21. The van der Waals surface area contributed by atoms with Gasteiger partial charge in [0, 0.05) is 31.2 Å². The molecule has 4 rings (SSSR count). The van der Waals surface area contributed by atoms with E-state index in [9.17, 15) is 13.2 Å². The minimum absolute atomic E-state index is 0.0371. The second-order valence-electron chi connectivity index (χ2n) is 6.83. The molecule has 3 heterocycles. The van der Waals surface area contributed by atoms with Crippen LogP contribution in [0.2, 0.25) is 0 Å². The lowest BCUT2D eigenvalue weighted by atomic mass is 10.1. The lowest BCUT2D eigenvalue weighted by molar-refractivity contribution is -0.137. The van der Waals surface area contributed by atoms with Crippen LogP contribution in [0, 0.1) is 0 Å². The van der Waals surface area contributed by atoms with Crippen LogP contribution in [0.5, 0.6) is 17.4 Å². The van der Waals surface area contributed by atoms with Gasteiger partial charge in [0.15, 0.2) is 23.0 Å². The summed E-state index contributed by atoms with van der Waals surface area (Å²) < 4.78 is 49.5. The third kappa shape index (κ3) is 5.43. The standard InChI is InChI=1S/C22H19F3N6O2/c1-2-32-17-11-14(7-8-27-20-19-21(31-13-30-20)28-10-9-26-19)3-5-16(17)33-18-6-4-15(12-29-18)22(23,24)25/h3-6,9-13H,2,7-8H2,1H3,(H,27,28,30,31). The number of benzene rings is 1. The van der Waals surface area contributed by atoms with Crippen molar-refractivity contribution in [2.24, 2.45) is 0 Å². The summed E-state index contributed by atoms with van der Waals surface area (Å²) in [6.07, 6.45) is 1.49. The van der Waals surface area contributed by atoms with Crippen molar-refractivity contribution in [2.75, 3.05) is 18.5 Å². The maximum Gasteiger partial charge on any atom is 0.417 e. The number of rotatable bonds is 8. The molecular weight excluding hydrogens is 437 g/mol. The molecule has 0 spiro atoms. The van der Waals surface area contributed by atoms with E-state index in [-0.39, 0.29) is 5.88 Å². The topological polar surface area (TPSA) is 94.9 Å². The van der Waals surface area contributed by atoms with Crippen molar-refractivity contribution < 1.29 is 22.6 Å². The van der Waals surface area contributed by atoms with E-state index in [1.165, 1.54) is 12.4 Å². The summed E-state index contributed by atoms with van der Waals surface area (Å²) in [6.45, 7) is 2.79. The van der Waals surface area contributed by atoms with Crippen molar-refractivity contribution in [1.82, 2.24) is 24.9 Å². The van der Waals surface area contributed by atoms with E-state index in [1.807, 2.05) is 19.1 Å². The van der Waals surface area contributed by atoms with Crippen LogP contribution >= 0.6 is 0 Å². The Balaban J connectivity index is 1.44. The van der Waals surface area contributed by atoms with E-state index in [0.29, 0.717) is 48.1 Å². The van der Waals surface area contributed by atoms with Crippen molar-refractivity contribution in [3.05, 3.63) is 66.4 Å². The van der Waals surface area contributed by atoms with Crippen LogP contribution in [0.1, 0.15) is 18.1 Å². The molecule has 0 amide bonds. The normalized spacial score (nSPS) is 11.4. The molecule has 0 aliphatic carbocycles. The smallest absolute Gasteiger partial charge is 0.417 e. The quantitative estimate of drug-likeness (QED) is 0.408. The van der Waals surface area contributed by atoms with Gasteiger partial charge in [0.2, 0.25) is 5.88 Å². The highest BCUT2D eigenvalue weighted by Crippen LogP contribution is 2.34. The number of alkyl halides is 3. The van der Waals surface area contributed by atoms with Crippen LogP contribution in [-0.2, 0) is 12.6 Å². The third-order valence-electron chi connectivity index (χ3n) is 4.56. The molecule has 0 saturated heterocycles. The molecule has 0 unspecified atom stereocenters. The number of ether oxygens (including phenoxy) is 2. The second-order valence-corrected chi connectivity index (χ2v) is 6.83. The Kier molecular flexibility index (Phi) is 6.48. The average Bonchev–Trinajstić information content (AvgIpc) is 2.81. The van der Waals surface area contributed by atoms with Gasteiger partial charge in [-0.05, 0) is 37.1 Å². The molecule has 3 aromatic heterocycles. The second kappa shape index (κ2) is 9.63. The van der Waals surface area contributed by atoms with Gasteiger partial charge in [-0.2, -0.15) is 13.2 Å². The lowest BCUT2D eigenvalue weighted by Crippen LogP contribution is -2.08. The summed E-state index contributed by atoms with van der Waals surface area (Å²) in [6, 6.07) is 7.46. The molecule has 1 N–H and O–H groups in total. The van der Waals surface area contributed by atoms with Crippen molar-refractivity contribution in [3.63, 3.8) is 0 Å². The van der Waals surface area contributed by atoms with E-state index < -0.39 is 11.7 Å². The van der Waals surface area contributed by atoms with Gasteiger partial charge in [-0.1, -0.05) is 6.07 Å². The molecule has 0 fully saturated rings. The van der Waals surface area contributed by atoms with E-state index in [4.69, 9.17) is 9.47 Å². The highest BCUT2D eigenvalue weighted by Gasteiger charge is 2.30. The van der Waals surface area contributed by atoms with Crippen LogP contribution in [0.15, 0.2) is 55.2 Å². The average molecular weight is 456 g/mol. The number of nitrogens with zero attached hydrogens (tertiary/aromatic N) is 5. The Morgan fingerprint density at radius 1 is 0.939 bits per heavy atom. The zero-order chi connectivity index (χ0) is 23.3. The number of nitrogens with one attached hydrogen (secondary N) is 1. The monoisotopic (exact) mass is 456 g/mol. The number of pyridine rings is 1. The minimum atomic E-state index is -4.46. The number of fused-ring (bicyclic) bond motifs is 1. The van der Waals surface area contributed by atoms with Gasteiger partial charge in [0.25, 0.3) is 0 Å². The molecular formula is C22H19F3N6O2. The van der Waals surface area contributed by atoms with Gasteiger partial charge >= 0.3 is 6.18 Å². The Morgan fingerprint density at radius 2 is 1.79 bits per heavy atom. The number of hydrogen-bond donors (Lipinski definition) is 1. The predicted molar refractivity (Wildman–Crippen MR) is 114 cm³/mol. The van der Waals surface area contributed by atoms with Crippen LogP contribution < -0.4 is 14.8 Å². The number of hydrogen-bond acceptors (Lipinski definition) is 8. The zero-order valence-electron chi connectivity index (χ0n) is 17.5. The van der Waals surface area contributed by atoms with Gasteiger partial charge in [0.05, 0.1) is 12.2 Å². The Hall–Kier alpha value is -4.02. The van der Waals surface area contributed by atoms with E-state index >= 15 is 0 Å². The van der Waals surface area contributed by atoms with E-state index in [2.05, 4.69) is 30.2 Å². The largest absolute Gasteiger partial charge is 0.490 e. The van der Waals surface area contributed by atoms with Gasteiger partial charge in [0.1, 0.15) is 11.8 Å². The fourth-order valence-corrected chi connectivity index (χ4v) is 3.03. The predicted octanol–water partition coefficient (Wildman–Crippen LogP) is 4.68. The molecule has 0 radical (unpaired) electrons. The summed E-state index contributed by atoms with van der Waals surface area (Å²) in [5.74, 6) is 1.45. The zero-order valence-corrected chi connectivity index (χ0v) is 17.5. The number of halogens is 3. The van der Waals surface area contributed by atoms with Crippen LogP contribution in [0.25, 0.3) is 11.2 Å². The Morgan fingerprint density at radius 3 is 2.55 bits per heavy atom. The van der Waals surface area contributed by atoms with Crippen molar-refractivity contribution >= 4 is 17.0 Å².